The lowest BCUT2D eigenvalue weighted by molar-refractivity contribution is -0.125. The summed E-state index contributed by atoms with van der Waals surface area (Å²) in [6.07, 6.45) is 1.43. The maximum absolute atomic E-state index is 12.1. The molecule has 0 aromatic heterocycles. The molecule has 1 N–H and O–H groups in total. The normalized spacial score (nSPS) is 15.3. The summed E-state index contributed by atoms with van der Waals surface area (Å²) in [5.74, 6) is 0.463. The minimum absolute atomic E-state index is 0.340. The molecule has 1 atom stereocenters. The van der Waals surface area contributed by atoms with Gasteiger partial charge in [-0.2, -0.15) is 0 Å². The number of hydrogen-bond donors (Lipinski definition) is 1. The van der Waals surface area contributed by atoms with E-state index in [1.54, 1.807) is 14.0 Å². The van der Waals surface area contributed by atoms with E-state index in [9.17, 15) is 9.59 Å². The third-order valence-corrected chi connectivity index (χ3v) is 3.83. The number of carbonyl (C=O) groups is 2. The van der Waals surface area contributed by atoms with Crippen LogP contribution in [0.3, 0.4) is 0 Å². The Hall–Kier alpha value is -2.08. The van der Waals surface area contributed by atoms with Crippen LogP contribution in [0, 0.1) is 0 Å². The van der Waals surface area contributed by atoms with E-state index < -0.39 is 12.1 Å². The highest BCUT2D eigenvalue weighted by atomic mass is 16.5. The lowest BCUT2D eigenvalue weighted by Gasteiger charge is -2.28. The summed E-state index contributed by atoms with van der Waals surface area (Å²) in [7, 11) is 2.87. The number of benzene rings is 1. The van der Waals surface area contributed by atoms with Gasteiger partial charge in [0.25, 0.3) is 0 Å². The van der Waals surface area contributed by atoms with Crippen molar-refractivity contribution in [2.45, 2.75) is 38.4 Å². The number of nitrogens with one attached hydrogen (secondary N) is 1. The fourth-order valence-electron chi connectivity index (χ4n) is 2.34. The predicted octanol–water partition coefficient (Wildman–Crippen LogP) is 1.93. The van der Waals surface area contributed by atoms with Gasteiger partial charge in [0, 0.05) is 12.6 Å². The Kier molecular flexibility index (Phi) is 5.38. The molecule has 0 saturated heterocycles. The van der Waals surface area contributed by atoms with Gasteiger partial charge in [0.05, 0.1) is 20.3 Å². The van der Waals surface area contributed by atoms with Crippen LogP contribution < -0.4 is 10.1 Å². The van der Waals surface area contributed by atoms with Crippen molar-refractivity contribution in [1.82, 2.24) is 10.2 Å². The minimum Gasteiger partial charge on any atom is -0.497 e. The van der Waals surface area contributed by atoms with E-state index >= 15 is 0 Å². The number of rotatable bonds is 6. The number of amides is 2. The van der Waals surface area contributed by atoms with Gasteiger partial charge >= 0.3 is 6.09 Å². The first-order valence-electron chi connectivity index (χ1n) is 7.32. The van der Waals surface area contributed by atoms with Crippen LogP contribution in [0.5, 0.6) is 5.75 Å². The van der Waals surface area contributed by atoms with E-state index in [4.69, 9.17) is 4.74 Å². The molecule has 22 heavy (non-hydrogen) atoms. The molecule has 120 valence electrons. The molecular weight excluding hydrogens is 284 g/mol. The van der Waals surface area contributed by atoms with Crippen molar-refractivity contribution in [1.29, 1.82) is 0 Å². The second-order valence-electron chi connectivity index (χ2n) is 5.41. The fraction of sp³-hybridized carbons (Fsp3) is 0.500. The van der Waals surface area contributed by atoms with Crippen molar-refractivity contribution < 1.29 is 19.1 Å². The Morgan fingerprint density at radius 2 is 1.91 bits per heavy atom. The summed E-state index contributed by atoms with van der Waals surface area (Å²) in [6.45, 7) is 2.46. The minimum atomic E-state index is -0.725. The standard InChI is InChI=1S/C16H22N2O4/c1-11(15(19)17-16(20)22-3)18(13-6-7-13)10-12-4-8-14(21-2)9-5-12/h4-5,8-9,11,13H,6-7,10H2,1-3H3,(H,17,19,20)/t11-/m1/s1. The quantitative estimate of drug-likeness (QED) is 0.870. The SMILES string of the molecule is COC(=O)NC(=O)[C@@H](C)N(Cc1ccc(OC)cc1)C1CC1. The Balaban J connectivity index is 2.02. The van der Waals surface area contributed by atoms with Crippen molar-refractivity contribution in [3.63, 3.8) is 0 Å². The predicted molar refractivity (Wildman–Crippen MR) is 81.6 cm³/mol. The molecule has 2 amide bonds. The summed E-state index contributed by atoms with van der Waals surface area (Å²) in [4.78, 5) is 25.4. The van der Waals surface area contributed by atoms with Crippen LogP contribution in [-0.4, -0.2) is 43.2 Å². The second-order valence-corrected chi connectivity index (χ2v) is 5.41. The van der Waals surface area contributed by atoms with E-state index in [-0.39, 0.29) is 5.91 Å². The topological polar surface area (TPSA) is 67.9 Å². The number of hydrogen-bond acceptors (Lipinski definition) is 5. The van der Waals surface area contributed by atoms with Gasteiger partial charge < -0.3 is 9.47 Å². The van der Waals surface area contributed by atoms with E-state index in [1.807, 2.05) is 24.3 Å². The molecule has 0 spiro atoms. The zero-order valence-electron chi connectivity index (χ0n) is 13.2. The monoisotopic (exact) mass is 306 g/mol. The van der Waals surface area contributed by atoms with Gasteiger partial charge in [0.1, 0.15) is 5.75 Å². The van der Waals surface area contributed by atoms with Crippen LogP contribution in [0.25, 0.3) is 0 Å². The summed E-state index contributed by atoms with van der Waals surface area (Å²) in [6, 6.07) is 7.77. The van der Waals surface area contributed by atoms with E-state index in [2.05, 4.69) is 15.0 Å². The van der Waals surface area contributed by atoms with E-state index in [0.717, 1.165) is 24.2 Å². The summed E-state index contributed by atoms with van der Waals surface area (Å²) < 4.78 is 9.61. The summed E-state index contributed by atoms with van der Waals surface area (Å²) in [5.41, 5.74) is 1.10. The maximum Gasteiger partial charge on any atom is 0.413 e. The van der Waals surface area contributed by atoms with Gasteiger partial charge in [-0.3, -0.25) is 15.0 Å². The number of imide groups is 1. The van der Waals surface area contributed by atoms with Crippen LogP contribution >= 0.6 is 0 Å². The smallest absolute Gasteiger partial charge is 0.413 e. The molecule has 1 aromatic carbocycles. The van der Waals surface area contributed by atoms with Crippen molar-refractivity contribution in [2.75, 3.05) is 14.2 Å². The van der Waals surface area contributed by atoms with Gasteiger partial charge in [-0.25, -0.2) is 4.79 Å². The average molecular weight is 306 g/mol. The molecule has 0 heterocycles. The Labute approximate surface area is 130 Å². The van der Waals surface area contributed by atoms with Crippen LogP contribution in [0.2, 0.25) is 0 Å². The molecule has 1 aliphatic carbocycles. The van der Waals surface area contributed by atoms with Gasteiger partial charge in [0.2, 0.25) is 5.91 Å². The number of methoxy groups -OCH3 is 2. The van der Waals surface area contributed by atoms with Gasteiger partial charge in [-0.05, 0) is 37.5 Å². The molecule has 6 nitrogen and oxygen atoms in total. The highest BCUT2D eigenvalue weighted by molar-refractivity contribution is 5.94. The molecule has 6 heteroatoms. The van der Waals surface area contributed by atoms with Gasteiger partial charge in [-0.15, -0.1) is 0 Å². The van der Waals surface area contributed by atoms with Crippen molar-refractivity contribution in [3.8, 4) is 5.75 Å². The van der Waals surface area contributed by atoms with Gasteiger partial charge in [0.15, 0.2) is 0 Å². The Morgan fingerprint density at radius 3 is 2.41 bits per heavy atom. The van der Waals surface area contributed by atoms with Crippen LogP contribution in [0.1, 0.15) is 25.3 Å². The second kappa shape index (κ2) is 7.26. The van der Waals surface area contributed by atoms with E-state index in [1.165, 1.54) is 7.11 Å². The molecule has 0 unspecified atom stereocenters. The average Bonchev–Trinajstić information content (AvgIpc) is 3.37. The van der Waals surface area contributed by atoms with Gasteiger partial charge in [-0.1, -0.05) is 12.1 Å². The largest absolute Gasteiger partial charge is 0.497 e. The number of alkyl carbamates (subject to hydrolysis) is 1. The molecule has 0 bridgehead atoms. The lowest BCUT2D eigenvalue weighted by Crippen LogP contribution is -2.47. The molecule has 1 aromatic rings. The third-order valence-electron chi connectivity index (χ3n) is 3.83. The Bertz CT molecular complexity index is 525. The number of nitrogens with zero attached hydrogens (tertiary/aromatic N) is 1. The summed E-state index contributed by atoms with van der Waals surface area (Å²) >= 11 is 0. The zero-order valence-corrected chi connectivity index (χ0v) is 13.2. The number of ether oxygens (including phenoxy) is 2. The van der Waals surface area contributed by atoms with Crippen LogP contribution in [-0.2, 0) is 16.1 Å². The number of carbonyl (C=O) groups excluding carboxylic acids is 2. The highest BCUT2D eigenvalue weighted by Crippen LogP contribution is 2.30. The molecule has 1 aliphatic rings. The molecule has 1 saturated carbocycles. The highest BCUT2D eigenvalue weighted by Gasteiger charge is 2.35. The molecule has 0 radical (unpaired) electrons. The summed E-state index contributed by atoms with van der Waals surface area (Å²) in [5, 5.41) is 2.23. The van der Waals surface area contributed by atoms with Crippen LogP contribution in [0.4, 0.5) is 4.79 Å². The fourth-order valence-corrected chi connectivity index (χ4v) is 2.34. The first kappa shape index (κ1) is 16.3. The maximum atomic E-state index is 12.1. The molecule has 2 rings (SSSR count). The van der Waals surface area contributed by atoms with Crippen molar-refractivity contribution in [3.05, 3.63) is 29.8 Å². The first-order chi connectivity index (χ1) is 10.5. The first-order valence-corrected chi connectivity index (χ1v) is 7.32. The van der Waals surface area contributed by atoms with Crippen molar-refractivity contribution in [2.24, 2.45) is 0 Å². The molecular formula is C16H22N2O4. The molecule has 1 fully saturated rings. The molecule has 0 aliphatic heterocycles. The zero-order chi connectivity index (χ0) is 16.1. The van der Waals surface area contributed by atoms with Crippen LogP contribution in [0.15, 0.2) is 24.3 Å². The Morgan fingerprint density at radius 1 is 1.27 bits per heavy atom. The van der Waals surface area contributed by atoms with E-state index in [0.29, 0.717) is 12.6 Å². The van der Waals surface area contributed by atoms with Crippen molar-refractivity contribution >= 4 is 12.0 Å². The third kappa shape index (κ3) is 4.21. The lowest BCUT2D eigenvalue weighted by atomic mass is 10.1.